The lowest BCUT2D eigenvalue weighted by Crippen LogP contribution is -2.72. The molecule has 2 fully saturated rings. The molecule has 0 radical (unpaired) electrons. The van der Waals surface area contributed by atoms with Crippen molar-refractivity contribution in [3.63, 3.8) is 0 Å². The molecule has 5 aromatic rings. The number of non-ortho nitro benzene ring substituents is 2. The van der Waals surface area contributed by atoms with Crippen molar-refractivity contribution in [2.75, 3.05) is 0 Å². The highest BCUT2D eigenvalue weighted by atomic mass is 31.2. The van der Waals surface area contributed by atoms with Gasteiger partial charge in [-0.15, -0.1) is 0 Å². The van der Waals surface area contributed by atoms with Crippen LogP contribution in [-0.4, -0.2) is 61.4 Å². The lowest BCUT2D eigenvalue weighted by molar-refractivity contribution is -0.385. The predicted molar refractivity (Wildman–Crippen MR) is 220 cm³/mol. The first-order valence-corrected chi connectivity index (χ1v) is 20.6. The van der Waals surface area contributed by atoms with E-state index in [4.69, 9.17) is 14.2 Å². The number of carboxylic acids is 1. The van der Waals surface area contributed by atoms with E-state index in [1.807, 2.05) is 91.0 Å². The van der Waals surface area contributed by atoms with Crippen LogP contribution in [0.25, 0.3) is 0 Å². The van der Waals surface area contributed by atoms with Crippen LogP contribution in [0.15, 0.2) is 140 Å². The summed E-state index contributed by atoms with van der Waals surface area (Å²) in [6.45, 7) is -2.65. The van der Waals surface area contributed by atoms with Gasteiger partial charge in [0, 0.05) is 31.2 Å². The maximum Gasteiger partial charge on any atom is 0.508 e. The highest BCUT2D eigenvalue weighted by Gasteiger charge is 2.70. The molecule has 1 saturated heterocycles. The molecular formula is C44H38N3O12P. The van der Waals surface area contributed by atoms with Crippen LogP contribution >= 0.6 is 6.89 Å². The molecule has 16 heteroatoms. The monoisotopic (exact) mass is 831 g/mol. The average molecular weight is 832 g/mol. The summed E-state index contributed by atoms with van der Waals surface area (Å²) in [4.78, 5) is 79.0. The predicted octanol–water partition coefficient (Wildman–Crippen LogP) is 6.10. The lowest BCUT2D eigenvalue weighted by atomic mass is 9.73. The van der Waals surface area contributed by atoms with Crippen LogP contribution in [-0.2, 0) is 41.8 Å². The van der Waals surface area contributed by atoms with Gasteiger partial charge in [0.25, 0.3) is 11.4 Å². The van der Waals surface area contributed by atoms with Crippen molar-refractivity contribution in [3.8, 4) is 0 Å². The van der Waals surface area contributed by atoms with Gasteiger partial charge in [-0.05, 0) is 71.1 Å². The van der Waals surface area contributed by atoms with Gasteiger partial charge in [0.15, 0.2) is 0 Å². The molecule has 60 heavy (non-hydrogen) atoms. The van der Waals surface area contributed by atoms with E-state index in [9.17, 15) is 39.7 Å². The molecule has 0 aromatic heterocycles. The van der Waals surface area contributed by atoms with E-state index < -0.39 is 64.2 Å². The molecule has 0 bridgehead atoms. The molecule has 1 aliphatic heterocycles. The average Bonchev–Trinajstić information content (AvgIpc) is 4.07. The van der Waals surface area contributed by atoms with Gasteiger partial charge in [0.2, 0.25) is 5.91 Å². The normalized spacial score (nSPS) is 17.0. The number of β-lactam (4-membered cyclic amide) rings is 1. The van der Waals surface area contributed by atoms with E-state index in [0.717, 1.165) is 0 Å². The molecule has 1 aliphatic carbocycles. The number of hydrogen-bond acceptors (Lipinski definition) is 11. The summed E-state index contributed by atoms with van der Waals surface area (Å²) in [5, 5.41) is 35.2. The van der Waals surface area contributed by atoms with Crippen LogP contribution in [0, 0.1) is 31.6 Å². The smallest absolute Gasteiger partial charge is 0.481 e. The summed E-state index contributed by atoms with van der Waals surface area (Å²) in [5.74, 6) is -3.99. The third-order valence-corrected chi connectivity index (χ3v) is 15.1. The number of carbonyl (C=O) groups is 4. The number of nitrogens with zero attached hydrogens (tertiary/aromatic N) is 3. The number of ether oxygens (including phenoxy) is 3. The standard InChI is InChI=1S/C44H38N3O12P/c1-29(59-43(52)58-28-31-19-23-33(24-20-31)47(55)56)37-38(44(25-26-44)42(50)51)45(39(37)48)40(41(49)57-27-30-17-21-32(22-18-30)46(53)54)60(34-11-5-2-6-12-34,35-13-7-3-8-14-35)36-15-9-4-10-16-36/h2-24,29,37-38H,25-28H2,1H3,(H,50,51). The zero-order valence-corrected chi connectivity index (χ0v) is 33.0. The number of amides is 1. The van der Waals surface area contributed by atoms with Crippen LogP contribution in [0.1, 0.15) is 30.9 Å². The Morgan fingerprint density at radius 3 is 1.52 bits per heavy atom. The number of benzene rings is 5. The number of rotatable bonds is 15. The maximum atomic E-state index is 15.2. The van der Waals surface area contributed by atoms with Crippen molar-refractivity contribution in [2.45, 2.75) is 45.1 Å². The van der Waals surface area contributed by atoms with Crippen molar-refractivity contribution >= 4 is 63.6 Å². The fourth-order valence-corrected chi connectivity index (χ4v) is 12.1. The van der Waals surface area contributed by atoms with Gasteiger partial charge in [-0.1, -0.05) is 91.0 Å². The second-order valence-electron chi connectivity index (χ2n) is 14.4. The lowest BCUT2D eigenvalue weighted by Gasteiger charge is -2.53. The number of carbonyl (C=O) groups excluding carboxylic acids is 3. The van der Waals surface area contributed by atoms with E-state index >= 15 is 4.79 Å². The van der Waals surface area contributed by atoms with Gasteiger partial charge in [-0.2, -0.15) is 0 Å². The highest BCUT2D eigenvalue weighted by molar-refractivity contribution is 7.96. The van der Waals surface area contributed by atoms with E-state index in [2.05, 4.69) is 0 Å². The number of hydrogen-bond donors (Lipinski definition) is 1. The number of aliphatic carboxylic acids is 1. The van der Waals surface area contributed by atoms with Crippen LogP contribution in [0.3, 0.4) is 0 Å². The minimum Gasteiger partial charge on any atom is -0.481 e. The topological polar surface area (TPSA) is 206 Å². The molecule has 7 rings (SSSR count). The summed E-state index contributed by atoms with van der Waals surface area (Å²) < 4.78 is 17.0. The Kier molecular flexibility index (Phi) is 11.6. The fourth-order valence-electron chi connectivity index (χ4n) is 7.77. The zero-order chi connectivity index (χ0) is 42.6. The summed E-state index contributed by atoms with van der Waals surface area (Å²) in [6.07, 6.45) is -2.04. The largest absolute Gasteiger partial charge is 0.508 e. The number of nitro groups is 2. The van der Waals surface area contributed by atoms with Gasteiger partial charge in [0.1, 0.15) is 24.7 Å². The van der Waals surface area contributed by atoms with Crippen molar-refractivity contribution in [1.29, 1.82) is 0 Å². The van der Waals surface area contributed by atoms with Crippen LogP contribution in [0.4, 0.5) is 16.2 Å². The Hall–Kier alpha value is -7.12. The first-order chi connectivity index (χ1) is 28.9. The second kappa shape index (κ2) is 17.0. The van der Waals surface area contributed by atoms with Crippen molar-refractivity contribution in [2.24, 2.45) is 11.3 Å². The summed E-state index contributed by atoms with van der Waals surface area (Å²) in [6, 6.07) is 37.1. The highest BCUT2D eigenvalue weighted by Crippen LogP contribution is 2.59. The Bertz CT molecular complexity index is 2390. The van der Waals surface area contributed by atoms with Gasteiger partial charge in [-0.3, -0.25) is 34.7 Å². The number of likely N-dealkylation sites (tertiary alicyclic amines) is 1. The first kappa shape index (κ1) is 41.1. The molecule has 1 saturated carbocycles. The van der Waals surface area contributed by atoms with Crippen LogP contribution < -0.4 is 15.9 Å². The van der Waals surface area contributed by atoms with Gasteiger partial charge in [0.05, 0.1) is 27.2 Å². The Morgan fingerprint density at radius 1 is 0.717 bits per heavy atom. The molecule has 15 nitrogen and oxygen atoms in total. The first-order valence-electron chi connectivity index (χ1n) is 18.9. The molecule has 1 amide bonds. The molecule has 3 unspecified atom stereocenters. The maximum absolute atomic E-state index is 15.2. The van der Waals surface area contributed by atoms with Crippen molar-refractivity contribution in [3.05, 3.63) is 171 Å². The van der Waals surface area contributed by atoms with Gasteiger partial charge >= 0.3 is 18.1 Å². The SMILES string of the molecule is CC(OC(=O)OCc1ccc([N+](=O)[O-])cc1)C1C(=O)N(C(C(=O)OCc2ccc([N+](=O)[O-])cc2)=P(c2ccccc2)(c2ccccc2)c2ccccc2)C1C1(C(=O)O)CC1. The molecular weight excluding hydrogens is 793 g/mol. The minimum absolute atomic E-state index is 0.0836. The molecule has 306 valence electrons. The van der Waals surface area contributed by atoms with E-state index in [1.54, 1.807) is 0 Å². The van der Waals surface area contributed by atoms with E-state index in [-0.39, 0.29) is 42.8 Å². The number of nitro benzene ring substituents is 2. The molecule has 2 aliphatic rings. The molecule has 5 aromatic carbocycles. The molecule has 0 spiro atoms. The third kappa shape index (κ3) is 7.74. The third-order valence-electron chi connectivity index (χ3n) is 10.9. The molecule has 3 atom stereocenters. The number of carboxylic acid groups (broad SMARTS) is 1. The van der Waals surface area contributed by atoms with Crippen LogP contribution in [0.5, 0.6) is 0 Å². The van der Waals surface area contributed by atoms with Crippen molar-refractivity contribution in [1.82, 2.24) is 4.90 Å². The molecule has 1 N–H and O–H groups in total. The fraction of sp³-hybridized carbons (Fsp3) is 0.205. The van der Waals surface area contributed by atoms with E-state index in [0.29, 0.717) is 27.0 Å². The van der Waals surface area contributed by atoms with Crippen LogP contribution in [0.2, 0.25) is 0 Å². The Morgan fingerprint density at radius 2 is 1.13 bits per heavy atom. The summed E-state index contributed by atoms with van der Waals surface area (Å²) in [5.41, 5.74) is -1.03. The summed E-state index contributed by atoms with van der Waals surface area (Å²) >= 11 is 0. The summed E-state index contributed by atoms with van der Waals surface area (Å²) in [7, 11) is 0. The van der Waals surface area contributed by atoms with Gasteiger partial charge < -0.3 is 19.3 Å². The number of esters is 1. The van der Waals surface area contributed by atoms with E-state index in [1.165, 1.54) is 60.4 Å². The Labute approximate surface area is 343 Å². The zero-order valence-electron chi connectivity index (χ0n) is 32.1. The van der Waals surface area contributed by atoms with Gasteiger partial charge in [-0.25, -0.2) is 9.59 Å². The molecule has 1 heterocycles. The van der Waals surface area contributed by atoms with Crippen molar-refractivity contribution < 1.29 is 48.3 Å². The Balaban J connectivity index is 1.35. The quantitative estimate of drug-likeness (QED) is 0.0418. The second-order valence-corrected chi connectivity index (χ2v) is 17.7. The minimum atomic E-state index is -3.48.